The van der Waals surface area contributed by atoms with Crippen LogP contribution in [-0.4, -0.2) is 30.3 Å². The van der Waals surface area contributed by atoms with Crippen molar-refractivity contribution < 1.29 is 14.4 Å². The van der Waals surface area contributed by atoms with Gasteiger partial charge in [0, 0.05) is 18.8 Å². The van der Waals surface area contributed by atoms with Gasteiger partial charge in [-0.1, -0.05) is 6.92 Å². The number of rotatable bonds is 2. The summed E-state index contributed by atoms with van der Waals surface area (Å²) in [6.45, 7) is 3.96. The van der Waals surface area contributed by atoms with Crippen molar-refractivity contribution in [3.05, 3.63) is 24.0 Å². The average molecular weight is 237 g/mol. The highest BCUT2D eigenvalue weighted by molar-refractivity contribution is 6.58. The molecule has 17 heavy (non-hydrogen) atoms. The molecule has 1 aromatic rings. The fourth-order valence-electron chi connectivity index (χ4n) is 2.35. The summed E-state index contributed by atoms with van der Waals surface area (Å²) < 4.78 is 13.4. The third-order valence-corrected chi connectivity index (χ3v) is 3.23. The monoisotopic (exact) mass is 237 g/mol. The Hall–Kier alpha value is -1.07. The van der Waals surface area contributed by atoms with E-state index < -0.39 is 12.9 Å². The zero-order valence-corrected chi connectivity index (χ0v) is 9.93. The summed E-state index contributed by atoms with van der Waals surface area (Å²) in [7, 11) is -1.62. The van der Waals surface area contributed by atoms with Crippen LogP contribution in [0.15, 0.2) is 18.2 Å². The molecule has 0 saturated carbocycles. The van der Waals surface area contributed by atoms with Crippen LogP contribution in [0.25, 0.3) is 0 Å². The lowest BCUT2D eigenvalue weighted by atomic mass is 9.80. The minimum absolute atomic E-state index is 0.207. The van der Waals surface area contributed by atoms with Crippen molar-refractivity contribution >= 4 is 18.3 Å². The Kier molecular flexibility index (Phi) is 3.69. The first kappa shape index (κ1) is 12.4. The summed E-state index contributed by atoms with van der Waals surface area (Å²) in [5, 5.41) is 18.2. The molecule has 0 aliphatic carbocycles. The third-order valence-electron chi connectivity index (χ3n) is 3.23. The summed E-state index contributed by atoms with van der Waals surface area (Å²) in [6, 6.07) is 4.25. The highest BCUT2D eigenvalue weighted by atomic mass is 19.1. The second-order valence-electron chi connectivity index (χ2n) is 4.81. The van der Waals surface area contributed by atoms with Gasteiger partial charge in [-0.3, -0.25) is 0 Å². The molecule has 0 bridgehead atoms. The van der Waals surface area contributed by atoms with Crippen molar-refractivity contribution in [2.75, 3.05) is 18.0 Å². The molecule has 1 aliphatic heterocycles. The molecule has 1 saturated heterocycles. The van der Waals surface area contributed by atoms with E-state index in [9.17, 15) is 4.39 Å². The molecular formula is C12H17BFNO2. The first-order chi connectivity index (χ1) is 8.06. The van der Waals surface area contributed by atoms with Crippen molar-refractivity contribution in [1.29, 1.82) is 0 Å². The van der Waals surface area contributed by atoms with E-state index in [1.165, 1.54) is 12.5 Å². The van der Waals surface area contributed by atoms with Crippen molar-refractivity contribution in [3.8, 4) is 0 Å². The molecule has 1 unspecified atom stereocenters. The highest BCUT2D eigenvalue weighted by Crippen LogP contribution is 2.22. The molecule has 0 spiro atoms. The van der Waals surface area contributed by atoms with Gasteiger partial charge in [0.15, 0.2) is 0 Å². The van der Waals surface area contributed by atoms with Gasteiger partial charge in [-0.2, -0.15) is 0 Å². The van der Waals surface area contributed by atoms with E-state index in [1.54, 1.807) is 6.07 Å². The lowest BCUT2D eigenvalue weighted by Gasteiger charge is -2.33. The number of piperidine rings is 1. The normalized spacial score (nSPS) is 20.5. The van der Waals surface area contributed by atoms with E-state index in [1.807, 2.05) is 0 Å². The van der Waals surface area contributed by atoms with Crippen LogP contribution in [0.4, 0.5) is 10.1 Å². The quantitative estimate of drug-likeness (QED) is 0.745. The van der Waals surface area contributed by atoms with Gasteiger partial charge < -0.3 is 14.9 Å². The maximum absolute atomic E-state index is 13.4. The summed E-state index contributed by atoms with van der Waals surface area (Å²) in [5.74, 6) is 0.165. The Morgan fingerprint density at radius 1 is 1.35 bits per heavy atom. The second-order valence-corrected chi connectivity index (χ2v) is 4.81. The molecule has 1 aliphatic rings. The predicted octanol–water partition coefficient (Wildman–Crippen LogP) is 0.742. The fourth-order valence-corrected chi connectivity index (χ4v) is 2.35. The first-order valence-electron chi connectivity index (χ1n) is 5.98. The van der Waals surface area contributed by atoms with Gasteiger partial charge in [-0.05, 0) is 42.4 Å². The lowest BCUT2D eigenvalue weighted by molar-refractivity contribution is 0.425. The molecule has 3 nitrogen and oxygen atoms in total. The van der Waals surface area contributed by atoms with Crippen molar-refractivity contribution in [2.24, 2.45) is 5.92 Å². The van der Waals surface area contributed by atoms with Crippen LogP contribution in [-0.2, 0) is 0 Å². The standard InChI is InChI=1S/C12H17BFNO2/c1-9-3-2-4-15(8-9)12-6-10(13(16)17)5-11(14)7-12/h5-7,9,16-17H,2-4,8H2,1H3. The molecule has 0 radical (unpaired) electrons. The van der Waals surface area contributed by atoms with Gasteiger partial charge in [-0.15, -0.1) is 0 Å². The Morgan fingerprint density at radius 3 is 2.76 bits per heavy atom. The third kappa shape index (κ3) is 2.98. The fraction of sp³-hybridized carbons (Fsp3) is 0.500. The van der Waals surface area contributed by atoms with Gasteiger partial charge in [-0.25, -0.2) is 4.39 Å². The van der Waals surface area contributed by atoms with Crippen molar-refractivity contribution in [1.82, 2.24) is 0 Å². The zero-order chi connectivity index (χ0) is 12.4. The molecule has 2 rings (SSSR count). The van der Waals surface area contributed by atoms with E-state index in [-0.39, 0.29) is 5.46 Å². The van der Waals surface area contributed by atoms with E-state index in [2.05, 4.69) is 11.8 Å². The van der Waals surface area contributed by atoms with Crippen molar-refractivity contribution in [3.63, 3.8) is 0 Å². The van der Waals surface area contributed by atoms with E-state index in [0.29, 0.717) is 5.92 Å². The number of halogens is 1. The van der Waals surface area contributed by atoms with Gasteiger partial charge in [0.2, 0.25) is 0 Å². The second kappa shape index (κ2) is 5.06. The van der Waals surface area contributed by atoms with E-state index >= 15 is 0 Å². The Labute approximate surface area is 101 Å². The summed E-state index contributed by atoms with van der Waals surface area (Å²) in [6.07, 6.45) is 2.29. The lowest BCUT2D eigenvalue weighted by Crippen LogP contribution is -2.36. The Balaban J connectivity index is 2.25. The highest BCUT2D eigenvalue weighted by Gasteiger charge is 2.19. The summed E-state index contributed by atoms with van der Waals surface area (Å²) in [5.41, 5.74) is 0.942. The average Bonchev–Trinajstić information content (AvgIpc) is 2.28. The van der Waals surface area contributed by atoms with Gasteiger partial charge in [0.1, 0.15) is 5.82 Å². The molecule has 1 atom stereocenters. The molecule has 2 N–H and O–H groups in total. The predicted molar refractivity (Wildman–Crippen MR) is 66.8 cm³/mol. The largest absolute Gasteiger partial charge is 0.488 e. The van der Waals surface area contributed by atoms with Gasteiger partial charge in [0.05, 0.1) is 0 Å². The first-order valence-corrected chi connectivity index (χ1v) is 5.98. The van der Waals surface area contributed by atoms with Crippen molar-refractivity contribution in [2.45, 2.75) is 19.8 Å². The molecular weight excluding hydrogens is 220 g/mol. The van der Waals surface area contributed by atoms with Crippen LogP contribution < -0.4 is 10.4 Å². The Bertz CT molecular complexity index is 400. The number of hydrogen-bond donors (Lipinski definition) is 2. The van der Waals surface area contributed by atoms with Crippen LogP contribution in [0.5, 0.6) is 0 Å². The van der Waals surface area contributed by atoms with Crippen LogP contribution in [0.2, 0.25) is 0 Å². The summed E-state index contributed by atoms with van der Waals surface area (Å²) >= 11 is 0. The molecule has 1 fully saturated rings. The van der Waals surface area contributed by atoms with Crippen LogP contribution in [0, 0.1) is 11.7 Å². The summed E-state index contributed by atoms with van der Waals surface area (Å²) in [4.78, 5) is 2.10. The number of nitrogens with zero attached hydrogens (tertiary/aromatic N) is 1. The maximum Gasteiger partial charge on any atom is 0.488 e. The SMILES string of the molecule is CC1CCCN(c2cc(F)cc(B(O)O)c2)C1. The van der Waals surface area contributed by atoms with E-state index in [0.717, 1.165) is 31.3 Å². The number of hydrogen-bond acceptors (Lipinski definition) is 3. The molecule has 0 aromatic heterocycles. The molecule has 92 valence electrons. The zero-order valence-electron chi connectivity index (χ0n) is 9.93. The molecule has 0 amide bonds. The maximum atomic E-state index is 13.4. The van der Waals surface area contributed by atoms with Crippen LogP contribution in [0.3, 0.4) is 0 Å². The Morgan fingerprint density at radius 2 is 2.12 bits per heavy atom. The minimum Gasteiger partial charge on any atom is -0.423 e. The molecule has 1 aromatic carbocycles. The molecule has 5 heteroatoms. The number of benzene rings is 1. The van der Waals surface area contributed by atoms with Crippen LogP contribution in [0.1, 0.15) is 19.8 Å². The number of anilines is 1. The molecule has 1 heterocycles. The van der Waals surface area contributed by atoms with E-state index in [4.69, 9.17) is 10.0 Å². The van der Waals surface area contributed by atoms with Gasteiger partial charge in [0.25, 0.3) is 0 Å². The van der Waals surface area contributed by atoms with Crippen LogP contribution >= 0.6 is 0 Å². The minimum atomic E-state index is -1.62. The topological polar surface area (TPSA) is 43.7 Å². The van der Waals surface area contributed by atoms with Gasteiger partial charge >= 0.3 is 7.12 Å². The smallest absolute Gasteiger partial charge is 0.423 e.